The van der Waals surface area contributed by atoms with Gasteiger partial charge in [-0.3, -0.25) is 9.59 Å². The van der Waals surface area contributed by atoms with Gasteiger partial charge in [0.05, 0.1) is 0 Å². The van der Waals surface area contributed by atoms with E-state index in [1.807, 2.05) is 32.0 Å². The number of carbonyl (C=O) groups excluding carboxylic acids is 2. The Balaban J connectivity index is 2.63. The summed E-state index contributed by atoms with van der Waals surface area (Å²) in [6.07, 6.45) is 0. The van der Waals surface area contributed by atoms with E-state index in [2.05, 4.69) is 10.6 Å². The molecule has 2 amide bonds. The van der Waals surface area contributed by atoms with Crippen LogP contribution in [0.5, 0.6) is 0 Å². The highest BCUT2D eigenvalue weighted by Gasteiger charge is 2.22. The minimum Gasteiger partial charge on any atom is -0.350 e. The van der Waals surface area contributed by atoms with Crippen molar-refractivity contribution < 1.29 is 9.59 Å². The summed E-state index contributed by atoms with van der Waals surface area (Å²) < 4.78 is 0. The summed E-state index contributed by atoms with van der Waals surface area (Å²) in [6, 6.07) is 6.80. The number of rotatable bonds is 5. The van der Waals surface area contributed by atoms with E-state index < -0.39 is 6.04 Å². The van der Waals surface area contributed by atoms with Gasteiger partial charge in [-0.25, -0.2) is 0 Å². The fourth-order valence-electron chi connectivity index (χ4n) is 1.69. The maximum Gasteiger partial charge on any atom is 0.243 e. The van der Waals surface area contributed by atoms with Crippen LogP contribution in [-0.2, 0) is 16.1 Å². The highest BCUT2D eigenvalue weighted by Crippen LogP contribution is 2.14. The second-order valence-electron chi connectivity index (χ2n) is 4.73. The van der Waals surface area contributed by atoms with Crippen LogP contribution in [0.3, 0.4) is 0 Å². The number of hydrogen-bond donors (Lipinski definition) is 2. The first-order chi connectivity index (χ1) is 8.91. The summed E-state index contributed by atoms with van der Waals surface area (Å²) in [5, 5.41) is 6.05. The monoisotopic (exact) mass is 282 g/mol. The molecule has 0 spiro atoms. The second kappa shape index (κ2) is 7.14. The molecular formula is C14H19ClN2O2. The Bertz CT molecular complexity index is 461. The number of amides is 2. The van der Waals surface area contributed by atoms with Crippen LogP contribution in [0.1, 0.15) is 26.3 Å². The van der Waals surface area contributed by atoms with Crippen LogP contribution in [0, 0.1) is 5.92 Å². The van der Waals surface area contributed by atoms with Gasteiger partial charge in [0.1, 0.15) is 6.04 Å². The normalized spacial score (nSPS) is 12.1. The van der Waals surface area contributed by atoms with Crippen molar-refractivity contribution in [2.24, 2.45) is 5.92 Å². The first kappa shape index (κ1) is 15.5. The molecule has 5 heteroatoms. The molecule has 0 aliphatic rings. The van der Waals surface area contributed by atoms with Gasteiger partial charge in [-0.1, -0.05) is 43.6 Å². The van der Waals surface area contributed by atoms with Gasteiger partial charge in [-0.15, -0.1) is 0 Å². The van der Waals surface area contributed by atoms with Crippen molar-refractivity contribution in [3.8, 4) is 0 Å². The first-order valence-electron chi connectivity index (χ1n) is 6.20. The summed E-state index contributed by atoms with van der Waals surface area (Å²) in [7, 11) is 0. The molecule has 0 bridgehead atoms. The highest BCUT2D eigenvalue weighted by molar-refractivity contribution is 6.31. The Morgan fingerprint density at radius 1 is 1.26 bits per heavy atom. The average molecular weight is 283 g/mol. The van der Waals surface area contributed by atoms with E-state index in [0.717, 1.165) is 5.56 Å². The largest absolute Gasteiger partial charge is 0.350 e. The molecule has 4 nitrogen and oxygen atoms in total. The van der Waals surface area contributed by atoms with Crippen molar-refractivity contribution in [2.75, 3.05) is 0 Å². The second-order valence-corrected chi connectivity index (χ2v) is 5.14. The van der Waals surface area contributed by atoms with Gasteiger partial charge < -0.3 is 10.6 Å². The van der Waals surface area contributed by atoms with Crippen molar-refractivity contribution in [1.29, 1.82) is 0 Å². The zero-order chi connectivity index (χ0) is 14.4. The van der Waals surface area contributed by atoms with Crippen LogP contribution >= 0.6 is 11.6 Å². The maximum atomic E-state index is 12.0. The molecule has 0 saturated heterocycles. The number of nitrogens with one attached hydrogen (secondary N) is 2. The highest BCUT2D eigenvalue weighted by atomic mass is 35.5. The third kappa shape index (κ3) is 4.91. The number of benzene rings is 1. The number of carbonyl (C=O) groups is 2. The van der Waals surface area contributed by atoms with E-state index in [0.29, 0.717) is 11.6 Å². The number of halogens is 1. The van der Waals surface area contributed by atoms with Gasteiger partial charge in [0.15, 0.2) is 0 Å². The fourth-order valence-corrected chi connectivity index (χ4v) is 1.89. The van der Waals surface area contributed by atoms with Crippen molar-refractivity contribution in [3.05, 3.63) is 34.9 Å². The van der Waals surface area contributed by atoms with E-state index in [-0.39, 0.29) is 17.7 Å². The molecule has 0 unspecified atom stereocenters. The zero-order valence-electron chi connectivity index (χ0n) is 11.4. The predicted molar refractivity (Wildman–Crippen MR) is 75.7 cm³/mol. The third-order valence-corrected chi connectivity index (χ3v) is 3.09. The van der Waals surface area contributed by atoms with Crippen molar-refractivity contribution >= 4 is 23.4 Å². The van der Waals surface area contributed by atoms with Crippen LogP contribution in [-0.4, -0.2) is 17.9 Å². The smallest absolute Gasteiger partial charge is 0.243 e. The molecule has 0 aliphatic carbocycles. The van der Waals surface area contributed by atoms with Gasteiger partial charge in [-0.05, 0) is 17.5 Å². The summed E-state index contributed by atoms with van der Waals surface area (Å²) in [5.74, 6) is -0.396. The number of hydrogen-bond acceptors (Lipinski definition) is 2. The molecule has 2 N–H and O–H groups in total. The molecule has 0 heterocycles. The van der Waals surface area contributed by atoms with Gasteiger partial charge >= 0.3 is 0 Å². The lowest BCUT2D eigenvalue weighted by atomic mass is 10.0. The summed E-state index contributed by atoms with van der Waals surface area (Å²) >= 11 is 6.01. The van der Waals surface area contributed by atoms with Crippen molar-refractivity contribution in [3.63, 3.8) is 0 Å². The Morgan fingerprint density at radius 2 is 1.89 bits per heavy atom. The molecule has 104 valence electrons. The van der Waals surface area contributed by atoms with Crippen LogP contribution in [0.4, 0.5) is 0 Å². The molecule has 1 aromatic carbocycles. The Hall–Kier alpha value is -1.55. The van der Waals surface area contributed by atoms with E-state index >= 15 is 0 Å². The van der Waals surface area contributed by atoms with E-state index in [9.17, 15) is 9.59 Å². The van der Waals surface area contributed by atoms with E-state index in [1.165, 1.54) is 6.92 Å². The first-order valence-corrected chi connectivity index (χ1v) is 6.58. The zero-order valence-corrected chi connectivity index (χ0v) is 12.1. The Kier molecular flexibility index (Phi) is 5.83. The van der Waals surface area contributed by atoms with Crippen LogP contribution in [0.15, 0.2) is 24.3 Å². The third-order valence-electron chi connectivity index (χ3n) is 2.72. The quantitative estimate of drug-likeness (QED) is 0.869. The van der Waals surface area contributed by atoms with Crippen LogP contribution in [0.2, 0.25) is 5.02 Å². The molecule has 1 atom stereocenters. The molecule has 0 radical (unpaired) electrons. The molecule has 0 saturated carbocycles. The van der Waals surface area contributed by atoms with E-state index in [1.54, 1.807) is 6.07 Å². The maximum absolute atomic E-state index is 12.0. The Labute approximate surface area is 118 Å². The lowest BCUT2D eigenvalue weighted by Crippen LogP contribution is -2.48. The van der Waals surface area contributed by atoms with Gasteiger partial charge in [0.2, 0.25) is 11.8 Å². The summed E-state index contributed by atoms with van der Waals surface area (Å²) in [4.78, 5) is 23.1. The Morgan fingerprint density at radius 3 is 2.42 bits per heavy atom. The lowest BCUT2D eigenvalue weighted by molar-refractivity contribution is -0.129. The molecule has 0 aromatic heterocycles. The standard InChI is InChI=1S/C14H19ClN2O2/c1-9(2)13(17-10(3)18)14(19)16-8-11-6-4-5-7-12(11)15/h4-7,9,13H,8H2,1-3H3,(H,16,19)(H,17,18)/t13-/m0/s1. The predicted octanol–water partition coefficient (Wildman–Crippen LogP) is 2.12. The van der Waals surface area contributed by atoms with Gasteiger partial charge in [0.25, 0.3) is 0 Å². The molecule has 0 aliphatic heterocycles. The topological polar surface area (TPSA) is 58.2 Å². The molecule has 1 aromatic rings. The van der Waals surface area contributed by atoms with Crippen LogP contribution in [0.25, 0.3) is 0 Å². The summed E-state index contributed by atoms with van der Waals surface area (Å²) in [6.45, 7) is 5.52. The lowest BCUT2D eigenvalue weighted by Gasteiger charge is -2.21. The van der Waals surface area contributed by atoms with Crippen molar-refractivity contribution in [2.45, 2.75) is 33.4 Å². The molecule has 0 fully saturated rings. The average Bonchev–Trinajstić information content (AvgIpc) is 2.34. The van der Waals surface area contributed by atoms with Gasteiger partial charge in [0, 0.05) is 18.5 Å². The van der Waals surface area contributed by atoms with Crippen LogP contribution < -0.4 is 10.6 Å². The van der Waals surface area contributed by atoms with Gasteiger partial charge in [-0.2, -0.15) is 0 Å². The minimum atomic E-state index is -0.528. The molecule has 1 rings (SSSR count). The van der Waals surface area contributed by atoms with Crippen molar-refractivity contribution in [1.82, 2.24) is 10.6 Å². The molecular weight excluding hydrogens is 264 g/mol. The van der Waals surface area contributed by atoms with E-state index in [4.69, 9.17) is 11.6 Å². The SMILES string of the molecule is CC(=O)N[C@H](C(=O)NCc1ccccc1Cl)C(C)C. The molecule has 19 heavy (non-hydrogen) atoms. The minimum absolute atomic E-state index is 0.0233. The fraction of sp³-hybridized carbons (Fsp3) is 0.429. The summed E-state index contributed by atoms with van der Waals surface area (Å²) in [5.41, 5.74) is 0.850.